The Bertz CT molecular complexity index is 1350. The molecule has 7 heteroatoms. The Hall–Kier alpha value is -4.00. The molecule has 166 valence electrons. The summed E-state index contributed by atoms with van der Waals surface area (Å²) in [5.41, 5.74) is 3.26. The Kier molecular flexibility index (Phi) is 5.60. The smallest absolute Gasteiger partial charge is 0.261 e. The second-order valence-electron chi connectivity index (χ2n) is 8.25. The van der Waals surface area contributed by atoms with Crippen LogP contribution in [-0.4, -0.2) is 39.1 Å². The third kappa shape index (κ3) is 4.09. The van der Waals surface area contributed by atoms with Gasteiger partial charge in [-0.3, -0.25) is 14.7 Å². The first-order valence-electron chi connectivity index (χ1n) is 11.0. The third-order valence-corrected chi connectivity index (χ3v) is 6.17. The number of benzene rings is 2. The number of hydrogen-bond donors (Lipinski definition) is 2. The number of carbonyl (C=O) groups is 1. The van der Waals surface area contributed by atoms with Crippen molar-refractivity contribution in [3.63, 3.8) is 0 Å². The number of piperidine rings is 1. The number of aromatic nitrogens is 3. The Morgan fingerprint density at radius 2 is 1.79 bits per heavy atom. The van der Waals surface area contributed by atoms with Crippen LogP contribution in [0.4, 0.5) is 4.39 Å². The molecular formula is C26H23FN4O2. The van der Waals surface area contributed by atoms with Gasteiger partial charge in [0.25, 0.3) is 11.5 Å². The summed E-state index contributed by atoms with van der Waals surface area (Å²) < 4.78 is 14.4. The second kappa shape index (κ2) is 8.86. The molecular weight excluding hydrogens is 419 g/mol. The number of amides is 1. The van der Waals surface area contributed by atoms with Crippen molar-refractivity contribution in [3.8, 4) is 22.4 Å². The van der Waals surface area contributed by atoms with Crippen molar-refractivity contribution >= 4 is 5.91 Å². The largest absolute Gasteiger partial charge is 0.338 e. The average molecular weight is 442 g/mol. The molecule has 1 unspecified atom stereocenters. The molecule has 1 atom stereocenters. The van der Waals surface area contributed by atoms with Gasteiger partial charge >= 0.3 is 0 Å². The van der Waals surface area contributed by atoms with E-state index in [-0.39, 0.29) is 23.2 Å². The molecule has 0 radical (unpaired) electrons. The van der Waals surface area contributed by atoms with Crippen LogP contribution in [0.1, 0.15) is 34.8 Å². The number of pyridine rings is 1. The van der Waals surface area contributed by atoms with E-state index in [9.17, 15) is 14.0 Å². The number of hydrogen-bond acceptors (Lipinski definition) is 3. The van der Waals surface area contributed by atoms with Gasteiger partial charge in [0.2, 0.25) is 0 Å². The maximum atomic E-state index is 14.4. The average Bonchev–Trinajstić information content (AvgIpc) is 3.34. The lowest BCUT2D eigenvalue weighted by molar-refractivity contribution is 0.0704. The van der Waals surface area contributed by atoms with Gasteiger partial charge in [-0.15, -0.1) is 0 Å². The topological polar surface area (TPSA) is 81.9 Å². The molecule has 0 bridgehead atoms. The first-order chi connectivity index (χ1) is 16.1. The Morgan fingerprint density at radius 3 is 2.58 bits per heavy atom. The SMILES string of the molecule is O=C(c1ccc(-c2ccccc2)[nH]c1=O)N1CCCC(c2[nH]ncc2-c2ccccc2F)C1. The predicted octanol–water partition coefficient (Wildman–Crippen LogP) is 4.59. The van der Waals surface area contributed by atoms with Gasteiger partial charge in [0.15, 0.2) is 0 Å². The quantitative estimate of drug-likeness (QED) is 0.485. The molecule has 3 heterocycles. The van der Waals surface area contributed by atoms with Crippen LogP contribution >= 0.6 is 0 Å². The molecule has 0 saturated carbocycles. The minimum absolute atomic E-state index is 0.0255. The molecule has 33 heavy (non-hydrogen) atoms. The highest BCUT2D eigenvalue weighted by molar-refractivity contribution is 5.94. The summed E-state index contributed by atoms with van der Waals surface area (Å²) >= 11 is 0. The van der Waals surface area contributed by atoms with E-state index in [1.165, 1.54) is 6.07 Å². The van der Waals surface area contributed by atoms with Gasteiger partial charge in [-0.2, -0.15) is 5.10 Å². The highest BCUT2D eigenvalue weighted by Crippen LogP contribution is 2.34. The van der Waals surface area contributed by atoms with Crippen molar-refractivity contribution in [2.75, 3.05) is 13.1 Å². The minimum Gasteiger partial charge on any atom is -0.338 e. The lowest BCUT2D eigenvalue weighted by atomic mass is 9.90. The number of halogens is 1. The molecule has 2 N–H and O–H groups in total. The van der Waals surface area contributed by atoms with E-state index in [0.29, 0.717) is 29.9 Å². The first kappa shape index (κ1) is 20.9. The maximum Gasteiger partial charge on any atom is 0.261 e. The zero-order chi connectivity index (χ0) is 22.8. The zero-order valence-electron chi connectivity index (χ0n) is 17.9. The molecule has 1 aliphatic heterocycles. The Balaban J connectivity index is 1.38. The standard InChI is InChI=1S/C26H23FN4O2/c27-22-11-5-4-10-19(22)21-15-28-30-24(21)18-9-6-14-31(16-18)26(33)20-12-13-23(29-25(20)32)17-7-2-1-3-8-17/h1-5,7-8,10-13,15,18H,6,9,14,16H2,(H,28,30)(H,29,32). The monoisotopic (exact) mass is 442 g/mol. The van der Waals surface area contributed by atoms with E-state index in [1.54, 1.807) is 41.4 Å². The summed E-state index contributed by atoms with van der Waals surface area (Å²) in [6.45, 7) is 1.00. The first-order valence-corrected chi connectivity index (χ1v) is 11.0. The lowest BCUT2D eigenvalue weighted by Crippen LogP contribution is -2.41. The van der Waals surface area contributed by atoms with E-state index in [0.717, 1.165) is 24.1 Å². The molecule has 2 aromatic heterocycles. The zero-order valence-corrected chi connectivity index (χ0v) is 17.9. The minimum atomic E-state index is -0.405. The lowest BCUT2D eigenvalue weighted by Gasteiger charge is -2.32. The molecule has 0 spiro atoms. The van der Waals surface area contributed by atoms with Crippen LogP contribution in [0.15, 0.2) is 77.7 Å². The fourth-order valence-corrected chi connectivity index (χ4v) is 4.50. The Labute approximate surface area is 190 Å². The fourth-order valence-electron chi connectivity index (χ4n) is 4.50. The summed E-state index contributed by atoms with van der Waals surface area (Å²) in [6.07, 6.45) is 3.25. The van der Waals surface area contributed by atoms with Crippen LogP contribution in [0.2, 0.25) is 0 Å². The summed E-state index contributed by atoms with van der Waals surface area (Å²) in [7, 11) is 0. The van der Waals surface area contributed by atoms with Crippen LogP contribution in [-0.2, 0) is 0 Å². The summed E-state index contributed by atoms with van der Waals surface area (Å²) in [5.74, 6) is -0.635. The van der Waals surface area contributed by atoms with Crippen molar-refractivity contribution in [1.82, 2.24) is 20.1 Å². The van der Waals surface area contributed by atoms with Gasteiger partial charge in [-0.25, -0.2) is 4.39 Å². The second-order valence-corrected chi connectivity index (χ2v) is 8.25. The van der Waals surface area contributed by atoms with Gasteiger partial charge < -0.3 is 9.88 Å². The number of H-pyrrole nitrogens is 2. The van der Waals surface area contributed by atoms with Crippen molar-refractivity contribution in [3.05, 3.63) is 100 Å². The molecule has 6 nitrogen and oxygen atoms in total. The van der Waals surface area contributed by atoms with Crippen LogP contribution in [0, 0.1) is 5.82 Å². The maximum absolute atomic E-state index is 14.4. The summed E-state index contributed by atoms with van der Waals surface area (Å²) in [4.78, 5) is 30.5. The molecule has 4 aromatic rings. The molecule has 1 saturated heterocycles. The van der Waals surface area contributed by atoms with Crippen molar-refractivity contribution in [2.45, 2.75) is 18.8 Å². The van der Waals surface area contributed by atoms with Gasteiger partial charge in [-0.05, 0) is 36.6 Å². The summed E-state index contributed by atoms with van der Waals surface area (Å²) in [5, 5.41) is 7.16. The highest BCUT2D eigenvalue weighted by Gasteiger charge is 2.29. The van der Waals surface area contributed by atoms with Gasteiger partial charge in [0, 0.05) is 41.5 Å². The van der Waals surface area contributed by atoms with Gasteiger partial charge in [0.1, 0.15) is 11.4 Å². The number of nitrogens with one attached hydrogen (secondary N) is 2. The van der Waals surface area contributed by atoms with Crippen molar-refractivity contribution in [2.24, 2.45) is 0 Å². The van der Waals surface area contributed by atoms with Crippen LogP contribution < -0.4 is 5.56 Å². The summed E-state index contributed by atoms with van der Waals surface area (Å²) in [6, 6.07) is 19.4. The molecule has 1 amide bonds. The Morgan fingerprint density at radius 1 is 1.00 bits per heavy atom. The normalized spacial score (nSPS) is 16.0. The van der Waals surface area contributed by atoms with Crippen molar-refractivity contribution in [1.29, 1.82) is 0 Å². The van der Waals surface area contributed by atoms with Crippen LogP contribution in [0.3, 0.4) is 0 Å². The fraction of sp³-hybridized carbons (Fsp3) is 0.192. The predicted molar refractivity (Wildman–Crippen MR) is 124 cm³/mol. The van der Waals surface area contributed by atoms with Crippen molar-refractivity contribution < 1.29 is 9.18 Å². The number of aromatic amines is 2. The molecule has 0 aliphatic carbocycles. The van der Waals surface area contributed by atoms with E-state index in [2.05, 4.69) is 15.2 Å². The number of nitrogens with zero attached hydrogens (tertiary/aromatic N) is 2. The van der Waals surface area contributed by atoms with E-state index >= 15 is 0 Å². The van der Waals surface area contributed by atoms with E-state index < -0.39 is 5.56 Å². The molecule has 1 aliphatic rings. The third-order valence-electron chi connectivity index (χ3n) is 6.17. The van der Waals surface area contributed by atoms with E-state index in [4.69, 9.17) is 0 Å². The molecule has 2 aromatic carbocycles. The van der Waals surface area contributed by atoms with Gasteiger partial charge in [-0.1, -0.05) is 48.5 Å². The highest BCUT2D eigenvalue weighted by atomic mass is 19.1. The number of likely N-dealkylation sites (tertiary alicyclic amines) is 1. The molecule has 5 rings (SSSR count). The molecule has 1 fully saturated rings. The number of rotatable bonds is 4. The van der Waals surface area contributed by atoms with Gasteiger partial charge in [0.05, 0.1) is 6.20 Å². The van der Waals surface area contributed by atoms with Crippen LogP contribution in [0.5, 0.6) is 0 Å². The van der Waals surface area contributed by atoms with E-state index in [1.807, 2.05) is 30.3 Å². The number of carbonyl (C=O) groups excluding carboxylic acids is 1. The van der Waals surface area contributed by atoms with Crippen LogP contribution in [0.25, 0.3) is 22.4 Å².